The van der Waals surface area contributed by atoms with Crippen molar-refractivity contribution in [2.75, 3.05) is 75.6 Å². The van der Waals surface area contributed by atoms with Crippen molar-refractivity contribution in [3.63, 3.8) is 0 Å². The molecule has 0 aliphatic carbocycles. The Balaban J connectivity index is 1.38. The predicted octanol–water partition coefficient (Wildman–Crippen LogP) is 2.15. The molecule has 2 aliphatic rings. The highest BCUT2D eigenvalue weighted by Crippen LogP contribution is 2.24. The van der Waals surface area contributed by atoms with Crippen molar-refractivity contribution in [1.29, 1.82) is 0 Å². The summed E-state index contributed by atoms with van der Waals surface area (Å²) in [6.45, 7) is 5.37. The average molecular weight is 465 g/mol. The highest BCUT2D eigenvalue weighted by Gasteiger charge is 2.24. The number of carbonyl (C=O) groups is 1. The van der Waals surface area contributed by atoms with Gasteiger partial charge in [-0.05, 0) is 44.5 Å². The Morgan fingerprint density at radius 1 is 1.03 bits per heavy atom. The van der Waals surface area contributed by atoms with Crippen LogP contribution in [-0.2, 0) is 0 Å². The van der Waals surface area contributed by atoms with Crippen LogP contribution in [0.25, 0.3) is 11.0 Å². The van der Waals surface area contributed by atoms with Crippen molar-refractivity contribution in [2.24, 2.45) is 0 Å². The van der Waals surface area contributed by atoms with Crippen LogP contribution in [0.4, 0.5) is 17.5 Å². The smallest absolute Gasteiger partial charge is 0.272 e. The molecular weight excluding hydrogens is 430 g/mol. The van der Waals surface area contributed by atoms with Crippen LogP contribution < -0.4 is 15.2 Å². The van der Waals surface area contributed by atoms with E-state index >= 15 is 0 Å². The molecule has 5 rings (SSSR count). The summed E-state index contributed by atoms with van der Waals surface area (Å²) in [6, 6.07) is 5.86. The number of aromatic nitrogens is 4. The van der Waals surface area contributed by atoms with Crippen LogP contribution in [0.15, 0.2) is 30.6 Å². The molecule has 1 amide bonds. The second-order valence-corrected chi connectivity index (χ2v) is 9.16. The average Bonchev–Trinajstić information content (AvgIpc) is 3.28. The van der Waals surface area contributed by atoms with Crippen LogP contribution in [0.5, 0.6) is 0 Å². The SMILES string of the molecule is [2H]CN1CCN(c2ccc(Nc3ncc4cc(C(=O)N(C)C)n(N5CCCCC5)c4n3)nc2)CC1. The third-order valence-electron chi connectivity index (χ3n) is 6.48. The standard InChI is InChI=1S/C24H33N9O/c1-29(2)23(34)20-15-18-16-26-24(28-22(18)33(20)32-9-5-4-6-10-32)27-21-8-7-19(17-25-21)31-13-11-30(3)12-14-31/h7-8,15-17H,4-6,9-14H2,1-3H3,(H,25,26,27,28)/i3D. The molecule has 3 aromatic rings. The van der Waals surface area contributed by atoms with Gasteiger partial charge in [-0.25, -0.2) is 14.6 Å². The molecule has 1 N–H and O–H groups in total. The highest BCUT2D eigenvalue weighted by atomic mass is 16.2. The maximum absolute atomic E-state index is 12.9. The Morgan fingerprint density at radius 2 is 1.82 bits per heavy atom. The molecule has 0 bridgehead atoms. The molecule has 0 atom stereocenters. The maximum atomic E-state index is 12.9. The number of pyridine rings is 1. The van der Waals surface area contributed by atoms with Gasteiger partial charge in [-0.15, -0.1) is 0 Å². The molecule has 0 saturated carbocycles. The number of nitrogens with zero attached hydrogens (tertiary/aromatic N) is 8. The molecule has 0 spiro atoms. The van der Waals surface area contributed by atoms with Crippen LogP contribution in [0, 0.1) is 0 Å². The Morgan fingerprint density at radius 3 is 2.50 bits per heavy atom. The zero-order valence-corrected chi connectivity index (χ0v) is 19.9. The van der Waals surface area contributed by atoms with Gasteiger partial charge in [0.25, 0.3) is 5.91 Å². The van der Waals surface area contributed by atoms with E-state index in [1.807, 2.05) is 23.0 Å². The van der Waals surface area contributed by atoms with Gasteiger partial charge in [-0.3, -0.25) is 4.79 Å². The number of hydrogen-bond acceptors (Lipinski definition) is 8. The lowest BCUT2D eigenvalue weighted by molar-refractivity contribution is 0.0816. The first kappa shape index (κ1) is 21.2. The van der Waals surface area contributed by atoms with Crippen molar-refractivity contribution in [2.45, 2.75) is 19.3 Å². The summed E-state index contributed by atoms with van der Waals surface area (Å²) in [6.07, 6.45) is 7.02. The lowest BCUT2D eigenvalue weighted by Crippen LogP contribution is -2.44. The van der Waals surface area contributed by atoms with E-state index in [0.717, 1.165) is 68.8 Å². The third kappa shape index (κ3) is 4.50. The Labute approximate surface area is 201 Å². The number of piperidine rings is 1. The second kappa shape index (κ2) is 9.46. The summed E-state index contributed by atoms with van der Waals surface area (Å²) in [7, 11) is 3.89. The highest BCUT2D eigenvalue weighted by molar-refractivity contribution is 5.98. The molecule has 34 heavy (non-hydrogen) atoms. The molecule has 180 valence electrons. The summed E-state index contributed by atoms with van der Waals surface area (Å²) in [5.74, 6) is 1.06. The van der Waals surface area contributed by atoms with Gasteiger partial charge in [-0.2, -0.15) is 4.98 Å². The van der Waals surface area contributed by atoms with E-state index in [0.29, 0.717) is 24.5 Å². The van der Waals surface area contributed by atoms with Crippen LogP contribution in [0.1, 0.15) is 31.1 Å². The van der Waals surface area contributed by atoms with Gasteiger partial charge in [0.2, 0.25) is 5.95 Å². The molecule has 10 heteroatoms. The van der Waals surface area contributed by atoms with Gasteiger partial charge in [0.05, 0.1) is 11.9 Å². The molecule has 3 aromatic heterocycles. The summed E-state index contributed by atoms with van der Waals surface area (Å²) in [4.78, 5) is 32.8. The van der Waals surface area contributed by atoms with E-state index < -0.39 is 0 Å². The second-order valence-electron chi connectivity index (χ2n) is 9.16. The van der Waals surface area contributed by atoms with Gasteiger partial charge in [0, 0.05) is 66.3 Å². The van der Waals surface area contributed by atoms with Gasteiger partial charge in [0.1, 0.15) is 11.5 Å². The van der Waals surface area contributed by atoms with Gasteiger partial charge >= 0.3 is 0 Å². The Bertz CT molecular complexity index is 1170. The van der Waals surface area contributed by atoms with Gasteiger partial charge in [-0.1, -0.05) is 0 Å². The summed E-state index contributed by atoms with van der Waals surface area (Å²) < 4.78 is 9.49. The van der Waals surface area contributed by atoms with E-state index in [1.54, 1.807) is 25.2 Å². The molecule has 2 aliphatic heterocycles. The molecule has 0 radical (unpaired) electrons. The summed E-state index contributed by atoms with van der Waals surface area (Å²) in [5.41, 5.74) is 2.40. The van der Waals surface area contributed by atoms with Crippen molar-refractivity contribution < 1.29 is 6.17 Å². The first-order valence-electron chi connectivity index (χ1n) is 12.6. The number of anilines is 3. The van der Waals surface area contributed by atoms with E-state index in [9.17, 15) is 4.79 Å². The fourth-order valence-corrected chi connectivity index (χ4v) is 4.55. The predicted molar refractivity (Wildman–Crippen MR) is 135 cm³/mol. The van der Waals surface area contributed by atoms with Crippen LogP contribution in [0.2, 0.25) is 0 Å². The van der Waals surface area contributed by atoms with Crippen LogP contribution in [-0.4, -0.2) is 95.7 Å². The number of hydrogen-bond donors (Lipinski definition) is 1. The summed E-state index contributed by atoms with van der Waals surface area (Å²) in [5, 5.41) is 6.27. The lowest BCUT2D eigenvalue weighted by atomic mass is 10.2. The van der Waals surface area contributed by atoms with Crippen LogP contribution in [0.3, 0.4) is 0 Å². The van der Waals surface area contributed by atoms with Crippen molar-refractivity contribution in [3.05, 3.63) is 36.3 Å². The first-order valence-corrected chi connectivity index (χ1v) is 11.9. The number of rotatable bonds is 5. The number of piperazine rings is 1. The number of amides is 1. The fraction of sp³-hybridized carbons (Fsp3) is 0.500. The zero-order chi connectivity index (χ0) is 24.4. The normalized spacial score (nSPS) is 17.6. The molecule has 5 heterocycles. The fourth-order valence-electron chi connectivity index (χ4n) is 4.55. The molecule has 0 aromatic carbocycles. The largest absolute Gasteiger partial charge is 0.368 e. The number of likely N-dealkylation sites (N-methyl/N-ethyl adjacent to an activating group) is 1. The minimum Gasteiger partial charge on any atom is -0.368 e. The Hall–Kier alpha value is -3.40. The summed E-state index contributed by atoms with van der Waals surface area (Å²) >= 11 is 0. The van der Waals surface area contributed by atoms with Gasteiger partial charge < -0.3 is 25.0 Å². The molecule has 0 unspecified atom stereocenters. The monoisotopic (exact) mass is 464 g/mol. The van der Waals surface area contributed by atoms with E-state index in [2.05, 4.69) is 36.2 Å². The Kier molecular flexibility index (Phi) is 5.88. The minimum atomic E-state index is -0.0519. The first-order chi connectivity index (χ1) is 17.0. The molecular formula is C24H33N9O. The van der Waals surface area contributed by atoms with Gasteiger partial charge in [0.15, 0.2) is 5.65 Å². The minimum absolute atomic E-state index is 0.0519. The maximum Gasteiger partial charge on any atom is 0.272 e. The number of fused-ring (bicyclic) bond motifs is 1. The number of nitrogens with one attached hydrogen (secondary N) is 1. The quantitative estimate of drug-likeness (QED) is 0.615. The lowest BCUT2D eigenvalue weighted by Gasteiger charge is -2.33. The third-order valence-corrected chi connectivity index (χ3v) is 6.48. The molecule has 2 saturated heterocycles. The van der Waals surface area contributed by atoms with Crippen LogP contribution >= 0.6 is 0 Å². The topological polar surface area (TPSA) is 85.7 Å². The molecule has 2 fully saturated rings. The zero-order valence-electron chi connectivity index (χ0n) is 20.9. The van der Waals surface area contributed by atoms with E-state index in [4.69, 9.17) is 6.35 Å². The van der Waals surface area contributed by atoms with Crippen molar-refractivity contribution in [1.82, 2.24) is 29.4 Å². The van der Waals surface area contributed by atoms with E-state index in [-0.39, 0.29) is 5.91 Å². The van der Waals surface area contributed by atoms with Crippen molar-refractivity contribution in [3.8, 4) is 0 Å². The van der Waals surface area contributed by atoms with Crippen molar-refractivity contribution >= 4 is 34.4 Å². The number of carbonyl (C=O) groups excluding carboxylic acids is 1. The van der Waals surface area contributed by atoms with E-state index in [1.165, 1.54) is 6.42 Å². The molecule has 10 nitrogen and oxygen atoms in total.